The van der Waals surface area contributed by atoms with Crippen molar-refractivity contribution in [3.05, 3.63) is 22.7 Å². The van der Waals surface area contributed by atoms with E-state index in [9.17, 15) is 4.79 Å². The molecule has 1 heterocycles. The summed E-state index contributed by atoms with van der Waals surface area (Å²) in [6, 6.07) is 5.82. The average Bonchev–Trinajstić information content (AvgIpc) is 2.39. The lowest BCUT2D eigenvalue weighted by atomic mass is 9.86. The minimum absolute atomic E-state index is 0.0866. The molecular weight excluding hydrogens is 268 g/mol. The molecule has 0 saturated heterocycles. The molecule has 0 aliphatic carbocycles. The van der Waals surface area contributed by atoms with Crippen molar-refractivity contribution in [2.45, 2.75) is 20.3 Å². The Kier molecular flexibility index (Phi) is 2.93. The first kappa shape index (κ1) is 11.5. The van der Waals surface area contributed by atoms with Crippen LogP contribution in [0.3, 0.4) is 0 Å². The van der Waals surface area contributed by atoms with Crippen molar-refractivity contribution in [3.63, 3.8) is 0 Å². The van der Waals surface area contributed by atoms with E-state index in [4.69, 9.17) is 0 Å². The van der Waals surface area contributed by atoms with Crippen molar-refractivity contribution in [2.24, 2.45) is 5.41 Å². The standard InChI is InChI=1S/C12H15BrN2O/c1-3-12(2)7-14-10-6-8(13)4-5-9(10)15-11(12)16/h4-6,14H,3,7H2,1-2H3,(H,15,16). The SMILES string of the molecule is CCC1(C)CNc2cc(Br)ccc2NC1=O. The van der Waals surface area contributed by atoms with Gasteiger partial charge in [0.05, 0.1) is 16.8 Å². The van der Waals surface area contributed by atoms with Gasteiger partial charge in [0, 0.05) is 11.0 Å². The smallest absolute Gasteiger partial charge is 0.232 e. The van der Waals surface area contributed by atoms with Gasteiger partial charge in [0.25, 0.3) is 0 Å². The molecule has 1 aromatic rings. The quantitative estimate of drug-likeness (QED) is 0.830. The summed E-state index contributed by atoms with van der Waals surface area (Å²) in [5, 5.41) is 6.29. The molecule has 1 atom stereocenters. The largest absolute Gasteiger partial charge is 0.382 e. The van der Waals surface area contributed by atoms with Gasteiger partial charge < -0.3 is 10.6 Å². The zero-order valence-electron chi connectivity index (χ0n) is 9.43. The summed E-state index contributed by atoms with van der Waals surface area (Å²) in [6.07, 6.45) is 0.820. The predicted octanol–water partition coefficient (Wildman–Crippen LogP) is 3.23. The molecule has 86 valence electrons. The summed E-state index contributed by atoms with van der Waals surface area (Å²) in [5.41, 5.74) is 1.48. The van der Waals surface area contributed by atoms with E-state index < -0.39 is 0 Å². The molecule has 1 aromatic carbocycles. The van der Waals surface area contributed by atoms with Crippen LogP contribution in [0.1, 0.15) is 20.3 Å². The van der Waals surface area contributed by atoms with Crippen molar-refractivity contribution < 1.29 is 4.79 Å². The van der Waals surface area contributed by atoms with E-state index in [1.807, 2.05) is 32.0 Å². The number of carbonyl (C=O) groups is 1. The summed E-state index contributed by atoms with van der Waals surface area (Å²) in [7, 11) is 0. The Hall–Kier alpha value is -1.03. The Labute approximate surface area is 104 Å². The van der Waals surface area contributed by atoms with Crippen molar-refractivity contribution in [1.29, 1.82) is 0 Å². The number of halogens is 1. The highest BCUT2D eigenvalue weighted by atomic mass is 79.9. The van der Waals surface area contributed by atoms with Gasteiger partial charge in [0.2, 0.25) is 5.91 Å². The van der Waals surface area contributed by atoms with E-state index in [0.717, 1.165) is 22.3 Å². The minimum Gasteiger partial charge on any atom is -0.382 e. The fraction of sp³-hybridized carbons (Fsp3) is 0.417. The van der Waals surface area contributed by atoms with E-state index in [1.165, 1.54) is 0 Å². The Bertz CT molecular complexity index is 433. The van der Waals surface area contributed by atoms with E-state index in [2.05, 4.69) is 26.6 Å². The first-order valence-electron chi connectivity index (χ1n) is 5.40. The molecule has 0 radical (unpaired) electrons. The molecule has 0 spiro atoms. The number of rotatable bonds is 1. The summed E-state index contributed by atoms with van der Waals surface area (Å²) in [6.45, 7) is 4.68. The number of nitrogens with one attached hydrogen (secondary N) is 2. The van der Waals surface area contributed by atoms with Crippen LogP contribution in [-0.2, 0) is 4.79 Å². The molecule has 2 rings (SSSR count). The molecule has 0 bridgehead atoms. The van der Waals surface area contributed by atoms with Crippen LogP contribution in [0.15, 0.2) is 22.7 Å². The molecule has 3 nitrogen and oxygen atoms in total. The van der Waals surface area contributed by atoms with Crippen LogP contribution in [0, 0.1) is 5.41 Å². The molecule has 0 aromatic heterocycles. The average molecular weight is 283 g/mol. The van der Waals surface area contributed by atoms with Crippen LogP contribution >= 0.6 is 15.9 Å². The first-order valence-corrected chi connectivity index (χ1v) is 6.19. The molecule has 1 aliphatic heterocycles. The van der Waals surface area contributed by atoms with Crippen molar-refractivity contribution >= 4 is 33.2 Å². The lowest BCUT2D eigenvalue weighted by Gasteiger charge is -2.23. The lowest BCUT2D eigenvalue weighted by molar-refractivity contribution is -0.124. The second kappa shape index (κ2) is 4.09. The van der Waals surface area contributed by atoms with Crippen LogP contribution in [0.4, 0.5) is 11.4 Å². The Morgan fingerprint density at radius 2 is 2.19 bits per heavy atom. The van der Waals surface area contributed by atoms with Gasteiger partial charge in [-0.05, 0) is 31.5 Å². The van der Waals surface area contributed by atoms with E-state index in [1.54, 1.807) is 0 Å². The second-order valence-corrected chi connectivity index (χ2v) is 5.33. The van der Waals surface area contributed by atoms with Gasteiger partial charge in [-0.1, -0.05) is 22.9 Å². The van der Waals surface area contributed by atoms with E-state index in [-0.39, 0.29) is 11.3 Å². The van der Waals surface area contributed by atoms with E-state index >= 15 is 0 Å². The number of carbonyl (C=O) groups excluding carboxylic acids is 1. The van der Waals surface area contributed by atoms with Crippen LogP contribution in [0.5, 0.6) is 0 Å². The summed E-state index contributed by atoms with van der Waals surface area (Å²) < 4.78 is 1.01. The zero-order chi connectivity index (χ0) is 11.8. The van der Waals surface area contributed by atoms with E-state index in [0.29, 0.717) is 6.54 Å². The maximum absolute atomic E-state index is 12.1. The van der Waals surface area contributed by atoms with Gasteiger partial charge in [0.1, 0.15) is 0 Å². The van der Waals surface area contributed by atoms with Gasteiger partial charge in [-0.15, -0.1) is 0 Å². The number of amides is 1. The highest BCUT2D eigenvalue weighted by Crippen LogP contribution is 2.33. The number of fused-ring (bicyclic) bond motifs is 1. The maximum Gasteiger partial charge on any atom is 0.232 e. The molecule has 0 saturated carbocycles. The second-order valence-electron chi connectivity index (χ2n) is 4.41. The van der Waals surface area contributed by atoms with Gasteiger partial charge in [-0.3, -0.25) is 4.79 Å². The van der Waals surface area contributed by atoms with Gasteiger partial charge in [0.15, 0.2) is 0 Å². The monoisotopic (exact) mass is 282 g/mol. The molecule has 0 fully saturated rings. The Morgan fingerprint density at radius 1 is 1.44 bits per heavy atom. The summed E-state index contributed by atoms with van der Waals surface area (Å²) in [5.74, 6) is 0.0866. The third-order valence-electron chi connectivity index (χ3n) is 3.23. The molecule has 4 heteroatoms. The molecule has 2 N–H and O–H groups in total. The van der Waals surface area contributed by atoms with Crippen LogP contribution in [0.2, 0.25) is 0 Å². The van der Waals surface area contributed by atoms with Crippen LogP contribution in [-0.4, -0.2) is 12.5 Å². The lowest BCUT2D eigenvalue weighted by Crippen LogP contribution is -2.36. The minimum atomic E-state index is -0.342. The van der Waals surface area contributed by atoms with Crippen LogP contribution in [0.25, 0.3) is 0 Å². The molecule has 1 aliphatic rings. The summed E-state index contributed by atoms with van der Waals surface area (Å²) >= 11 is 3.42. The number of hydrogen-bond donors (Lipinski definition) is 2. The normalized spacial score (nSPS) is 24.1. The third-order valence-corrected chi connectivity index (χ3v) is 3.72. The molecule has 1 amide bonds. The number of benzene rings is 1. The van der Waals surface area contributed by atoms with Gasteiger partial charge in [-0.25, -0.2) is 0 Å². The fourth-order valence-electron chi connectivity index (χ4n) is 1.70. The molecule has 16 heavy (non-hydrogen) atoms. The molecule has 1 unspecified atom stereocenters. The van der Waals surface area contributed by atoms with Crippen molar-refractivity contribution in [2.75, 3.05) is 17.2 Å². The number of anilines is 2. The zero-order valence-corrected chi connectivity index (χ0v) is 11.0. The highest BCUT2D eigenvalue weighted by molar-refractivity contribution is 9.10. The van der Waals surface area contributed by atoms with Crippen molar-refractivity contribution in [1.82, 2.24) is 0 Å². The van der Waals surface area contributed by atoms with Gasteiger partial charge >= 0.3 is 0 Å². The summed E-state index contributed by atoms with van der Waals surface area (Å²) in [4.78, 5) is 12.1. The van der Waals surface area contributed by atoms with Gasteiger partial charge in [-0.2, -0.15) is 0 Å². The highest BCUT2D eigenvalue weighted by Gasteiger charge is 2.33. The predicted molar refractivity (Wildman–Crippen MR) is 69.7 cm³/mol. The maximum atomic E-state index is 12.1. The first-order chi connectivity index (χ1) is 7.55. The van der Waals surface area contributed by atoms with Crippen molar-refractivity contribution in [3.8, 4) is 0 Å². The fourth-order valence-corrected chi connectivity index (χ4v) is 2.06. The van der Waals surface area contributed by atoms with Crippen LogP contribution < -0.4 is 10.6 Å². The molecular formula is C12H15BrN2O. The third kappa shape index (κ3) is 1.94. The number of hydrogen-bond acceptors (Lipinski definition) is 2. The Balaban J connectivity index is 2.37. The topological polar surface area (TPSA) is 41.1 Å². The Morgan fingerprint density at radius 3 is 2.88 bits per heavy atom.